The topological polar surface area (TPSA) is 27.2 Å². The maximum Gasteiger partial charge on any atom is 1.00 e. The average molecular weight is 299 g/mol. The summed E-state index contributed by atoms with van der Waals surface area (Å²) in [6.45, 7) is 8.03. The number of hydrogen-bond donors (Lipinski definition) is 0. The molecule has 2 aromatic rings. The van der Waals surface area contributed by atoms with Gasteiger partial charge in [-0.05, 0) is 23.3 Å². The van der Waals surface area contributed by atoms with Gasteiger partial charge < -0.3 is 9.73 Å². The van der Waals surface area contributed by atoms with E-state index in [2.05, 4.69) is 18.5 Å². The third-order valence-electron chi connectivity index (χ3n) is 3.16. The predicted octanol–water partition coefficient (Wildman–Crippen LogP) is 0.525. The van der Waals surface area contributed by atoms with Crippen molar-refractivity contribution in [1.82, 2.24) is 0 Å². The first-order valence-corrected chi connectivity index (χ1v) is 6.36. The molecule has 0 spiro atoms. The van der Waals surface area contributed by atoms with Crippen LogP contribution in [-0.4, -0.2) is 0 Å². The molecule has 2 heterocycles. The molecule has 0 unspecified atom stereocenters. The molecule has 21 heavy (non-hydrogen) atoms. The fourth-order valence-corrected chi connectivity index (χ4v) is 2.07. The second-order valence-electron chi connectivity index (χ2n) is 4.55. The van der Waals surface area contributed by atoms with Crippen LogP contribution < -0.4 is 62.0 Å². The molecule has 0 atom stereocenters. The van der Waals surface area contributed by atoms with E-state index in [0.717, 1.165) is 32.7 Å². The van der Waals surface area contributed by atoms with Crippen molar-refractivity contribution in [2.75, 3.05) is 0 Å². The first kappa shape index (κ1) is 16.3. The number of fused-ring (bicyclic) bond motifs is 3. The Hall–Kier alpha value is -1.10. The van der Waals surface area contributed by atoms with Crippen molar-refractivity contribution < 1.29 is 55.8 Å². The fourth-order valence-electron chi connectivity index (χ4n) is 2.07. The van der Waals surface area contributed by atoms with E-state index in [1.54, 1.807) is 6.20 Å². The first-order chi connectivity index (χ1) is 9.75. The molecule has 0 aliphatic carbocycles. The normalized spacial score (nSPS) is 20.6. The third kappa shape index (κ3) is 3.57. The Kier molecular flexibility index (Phi) is 5.62. The van der Waals surface area contributed by atoms with Crippen molar-refractivity contribution in [3.8, 4) is 0 Å². The van der Waals surface area contributed by atoms with Gasteiger partial charge in [0.25, 0.3) is 0 Å². The van der Waals surface area contributed by atoms with E-state index in [1.807, 2.05) is 54.8 Å². The molecule has 1 aliphatic rings. The monoisotopic (exact) mass is 299 g/mol. The molecule has 1 aliphatic heterocycles. The molecule has 1 aromatic carbocycles. The van der Waals surface area contributed by atoms with Crippen molar-refractivity contribution in [1.29, 1.82) is 0 Å². The minimum Gasteiger partial charge on any atom is -0.670 e. The number of allylic oxidation sites excluding steroid dienone is 5. The van der Waals surface area contributed by atoms with E-state index >= 15 is 0 Å². The number of nitrogens with zero attached hydrogens (tertiary/aromatic N) is 1. The second-order valence-corrected chi connectivity index (χ2v) is 4.55. The predicted molar refractivity (Wildman–Crippen MR) is 84.3 cm³/mol. The van der Waals surface area contributed by atoms with E-state index < -0.39 is 0 Å². The van der Waals surface area contributed by atoms with Crippen LogP contribution in [0.4, 0.5) is 0 Å². The molecule has 1 aromatic heterocycles. The SMILES string of the molecule is C=C1/C=C\C=C/[N-]/C=c2\c(oc3ccccc23)=C/C1=C.[K+]. The molecule has 0 radical (unpaired) electrons. The van der Waals surface area contributed by atoms with Crippen molar-refractivity contribution >= 4 is 23.2 Å². The standard InChI is InChI=1S/C18H14NO.K/c1-13-7-5-6-10-19-12-16-15-8-3-4-9-17(15)20-18(16)11-14(13)2;/h3-12H,1-2H2;/q-1;+1/b7-5-,10-6-,16-12-,18-11+;. The first-order valence-electron chi connectivity index (χ1n) is 6.36. The number of para-hydroxylation sites is 1. The van der Waals surface area contributed by atoms with Gasteiger partial charge in [-0.3, -0.25) is 0 Å². The van der Waals surface area contributed by atoms with Crippen LogP contribution in [0.25, 0.3) is 28.6 Å². The van der Waals surface area contributed by atoms with Crippen LogP contribution in [0.5, 0.6) is 0 Å². The zero-order valence-corrected chi connectivity index (χ0v) is 15.2. The molecule has 98 valence electrons. The van der Waals surface area contributed by atoms with Crippen LogP contribution in [0.2, 0.25) is 0 Å². The van der Waals surface area contributed by atoms with Gasteiger partial charge in [0.1, 0.15) is 11.0 Å². The number of furan rings is 1. The summed E-state index contributed by atoms with van der Waals surface area (Å²) in [5.74, 6) is 0. The second kappa shape index (κ2) is 7.25. The Morgan fingerprint density at radius 1 is 1.00 bits per heavy atom. The molecule has 3 rings (SSSR count). The molecular formula is C18H14KNO. The minimum atomic E-state index is 0. The van der Waals surface area contributed by atoms with Gasteiger partial charge in [-0.25, -0.2) is 0 Å². The quantitative estimate of drug-likeness (QED) is 0.652. The van der Waals surface area contributed by atoms with Gasteiger partial charge in [0.05, 0.1) is 0 Å². The number of rotatable bonds is 0. The van der Waals surface area contributed by atoms with Gasteiger partial charge in [0.2, 0.25) is 0 Å². The fraction of sp³-hybridized carbons (Fsp3) is 0. The van der Waals surface area contributed by atoms with Crippen LogP contribution in [0, 0.1) is 0 Å². The molecule has 0 fully saturated rings. The molecule has 2 nitrogen and oxygen atoms in total. The Morgan fingerprint density at radius 3 is 2.67 bits per heavy atom. The van der Waals surface area contributed by atoms with Crippen molar-refractivity contribution in [3.63, 3.8) is 0 Å². The van der Waals surface area contributed by atoms with Crippen LogP contribution >= 0.6 is 0 Å². The Morgan fingerprint density at radius 2 is 1.81 bits per heavy atom. The maximum absolute atomic E-state index is 5.89. The van der Waals surface area contributed by atoms with Gasteiger partial charge in [-0.15, -0.1) is 0 Å². The molecule has 0 N–H and O–H groups in total. The summed E-state index contributed by atoms with van der Waals surface area (Å²) >= 11 is 0. The van der Waals surface area contributed by atoms with E-state index in [1.165, 1.54) is 0 Å². The smallest absolute Gasteiger partial charge is 0.670 e. The zero-order chi connectivity index (χ0) is 13.9. The van der Waals surface area contributed by atoms with Crippen molar-refractivity contribution in [2.45, 2.75) is 0 Å². The van der Waals surface area contributed by atoms with Gasteiger partial charge in [-0.2, -0.15) is 12.4 Å². The molecule has 0 bridgehead atoms. The van der Waals surface area contributed by atoms with Gasteiger partial charge >= 0.3 is 51.4 Å². The Labute approximate surface area is 166 Å². The summed E-state index contributed by atoms with van der Waals surface area (Å²) in [5, 5.41) is 6.29. The van der Waals surface area contributed by atoms with E-state index in [9.17, 15) is 0 Å². The van der Waals surface area contributed by atoms with Crippen LogP contribution in [-0.2, 0) is 0 Å². The molecular weight excluding hydrogens is 285 g/mol. The summed E-state index contributed by atoms with van der Waals surface area (Å²) in [4.78, 5) is 0. The summed E-state index contributed by atoms with van der Waals surface area (Å²) in [7, 11) is 0. The molecule has 0 saturated heterocycles. The van der Waals surface area contributed by atoms with E-state index in [-0.39, 0.29) is 51.4 Å². The summed E-state index contributed by atoms with van der Waals surface area (Å²) < 4.78 is 5.89. The summed E-state index contributed by atoms with van der Waals surface area (Å²) in [6, 6.07) is 7.91. The minimum absolute atomic E-state index is 0. The molecule has 0 amide bonds. The van der Waals surface area contributed by atoms with Gasteiger partial charge in [-0.1, -0.05) is 49.6 Å². The number of hydrogen-bond acceptors (Lipinski definition) is 1. The largest absolute Gasteiger partial charge is 1.00 e. The summed E-state index contributed by atoms with van der Waals surface area (Å²) in [6.07, 6.45) is 11.1. The molecule has 3 heteroatoms. The van der Waals surface area contributed by atoms with Crippen LogP contribution in [0.3, 0.4) is 0 Å². The average Bonchev–Trinajstić information content (AvgIpc) is 2.78. The molecule has 0 saturated carbocycles. The summed E-state index contributed by atoms with van der Waals surface area (Å²) in [5.41, 5.74) is 3.27. The van der Waals surface area contributed by atoms with E-state index in [4.69, 9.17) is 4.42 Å². The van der Waals surface area contributed by atoms with Crippen molar-refractivity contribution in [2.24, 2.45) is 0 Å². The van der Waals surface area contributed by atoms with Gasteiger partial charge in [0, 0.05) is 10.6 Å². The Balaban J connectivity index is 0.00000161. The van der Waals surface area contributed by atoms with Gasteiger partial charge in [0.15, 0.2) is 0 Å². The van der Waals surface area contributed by atoms with Crippen LogP contribution in [0.1, 0.15) is 0 Å². The van der Waals surface area contributed by atoms with E-state index in [0.29, 0.717) is 0 Å². The number of benzene rings is 1. The van der Waals surface area contributed by atoms with Crippen LogP contribution in [0.15, 0.2) is 77.4 Å². The zero-order valence-electron chi connectivity index (χ0n) is 12.0. The Bertz CT molecular complexity index is 868. The third-order valence-corrected chi connectivity index (χ3v) is 3.16. The van der Waals surface area contributed by atoms with Crippen molar-refractivity contribution in [3.05, 3.63) is 88.9 Å². The maximum atomic E-state index is 5.89.